The number of amides is 1. The van der Waals surface area contributed by atoms with Gasteiger partial charge in [0, 0.05) is 31.3 Å². The van der Waals surface area contributed by atoms with Gasteiger partial charge in [-0.25, -0.2) is 9.59 Å². The van der Waals surface area contributed by atoms with E-state index in [9.17, 15) is 14.4 Å². The van der Waals surface area contributed by atoms with Crippen LogP contribution in [0.1, 0.15) is 31.2 Å². The van der Waals surface area contributed by atoms with Crippen LogP contribution in [0.25, 0.3) is 0 Å². The van der Waals surface area contributed by atoms with E-state index in [0.717, 1.165) is 18.4 Å². The second-order valence-electron chi connectivity index (χ2n) is 7.32. The molecule has 2 N–H and O–H groups in total. The number of likely N-dealkylation sites (N-methyl/N-ethyl adjacent to an activating group) is 2. The first-order valence-electron chi connectivity index (χ1n) is 9.52. The quantitative estimate of drug-likeness (QED) is 0.632. The lowest BCUT2D eigenvalue weighted by Gasteiger charge is -2.41. The minimum atomic E-state index is -1.26. The SMILES string of the molecule is CN(C)C1CCCCC1N(C)C(=O)Cc1ccc(Cl)c(Cl)c1.O=C(O)/C=C\C(=O)O. The van der Waals surface area contributed by atoms with Gasteiger partial charge in [-0.15, -0.1) is 0 Å². The highest BCUT2D eigenvalue weighted by Crippen LogP contribution is 2.27. The molecule has 2 atom stereocenters. The van der Waals surface area contributed by atoms with Gasteiger partial charge in [0.25, 0.3) is 0 Å². The van der Waals surface area contributed by atoms with E-state index in [4.69, 9.17) is 33.4 Å². The van der Waals surface area contributed by atoms with Crippen molar-refractivity contribution in [1.29, 1.82) is 0 Å². The van der Waals surface area contributed by atoms with Crippen LogP contribution in [0.4, 0.5) is 0 Å². The maximum absolute atomic E-state index is 12.6. The zero-order chi connectivity index (χ0) is 22.8. The van der Waals surface area contributed by atoms with E-state index in [1.165, 1.54) is 12.8 Å². The van der Waals surface area contributed by atoms with Crippen molar-refractivity contribution in [3.8, 4) is 0 Å². The van der Waals surface area contributed by atoms with Crippen LogP contribution in [0.5, 0.6) is 0 Å². The third-order valence-electron chi connectivity index (χ3n) is 4.96. The number of aliphatic carboxylic acids is 2. The van der Waals surface area contributed by atoms with Crippen molar-refractivity contribution in [2.45, 2.75) is 44.2 Å². The molecule has 0 saturated heterocycles. The molecule has 1 aliphatic carbocycles. The van der Waals surface area contributed by atoms with Crippen LogP contribution < -0.4 is 0 Å². The Kier molecular flexibility index (Phi) is 10.9. The minimum absolute atomic E-state index is 0.136. The highest BCUT2D eigenvalue weighted by Gasteiger charge is 2.31. The molecule has 0 bridgehead atoms. The van der Waals surface area contributed by atoms with Gasteiger partial charge in [-0.3, -0.25) is 4.79 Å². The highest BCUT2D eigenvalue weighted by molar-refractivity contribution is 6.42. The van der Waals surface area contributed by atoms with E-state index in [0.29, 0.717) is 40.7 Å². The highest BCUT2D eigenvalue weighted by atomic mass is 35.5. The van der Waals surface area contributed by atoms with Crippen molar-refractivity contribution in [3.05, 3.63) is 46.0 Å². The lowest BCUT2D eigenvalue weighted by atomic mass is 9.88. The molecule has 1 amide bonds. The largest absolute Gasteiger partial charge is 0.478 e. The van der Waals surface area contributed by atoms with Crippen LogP contribution in [0.3, 0.4) is 0 Å². The van der Waals surface area contributed by atoms with Gasteiger partial charge in [0.05, 0.1) is 16.5 Å². The molecular formula is C21H28Cl2N2O5. The number of hydrogen-bond acceptors (Lipinski definition) is 4. The van der Waals surface area contributed by atoms with Crippen LogP contribution in [-0.4, -0.2) is 71.1 Å². The molecular weight excluding hydrogens is 431 g/mol. The summed E-state index contributed by atoms with van der Waals surface area (Å²) in [5.41, 5.74) is 0.906. The maximum Gasteiger partial charge on any atom is 0.328 e. The number of carbonyl (C=O) groups is 3. The average molecular weight is 459 g/mol. The van der Waals surface area contributed by atoms with E-state index in [1.54, 1.807) is 12.1 Å². The van der Waals surface area contributed by atoms with Gasteiger partial charge < -0.3 is 20.0 Å². The first-order chi connectivity index (χ1) is 14.0. The Morgan fingerprint density at radius 1 is 0.967 bits per heavy atom. The average Bonchev–Trinajstić information content (AvgIpc) is 2.69. The number of carboxylic acid groups (broad SMARTS) is 2. The van der Waals surface area contributed by atoms with Crippen LogP contribution in [0, 0.1) is 0 Å². The Morgan fingerprint density at radius 3 is 1.97 bits per heavy atom. The maximum atomic E-state index is 12.6. The Balaban J connectivity index is 0.000000479. The first-order valence-corrected chi connectivity index (χ1v) is 10.3. The van der Waals surface area contributed by atoms with Crippen LogP contribution in [-0.2, 0) is 20.8 Å². The summed E-state index contributed by atoms with van der Waals surface area (Å²) in [6.45, 7) is 0. The van der Waals surface area contributed by atoms with Crippen molar-refractivity contribution < 1.29 is 24.6 Å². The number of halogens is 2. The van der Waals surface area contributed by atoms with Crippen LogP contribution >= 0.6 is 23.2 Å². The summed E-state index contributed by atoms with van der Waals surface area (Å²) in [4.78, 5) is 35.9. The third kappa shape index (κ3) is 8.73. The fourth-order valence-corrected chi connectivity index (χ4v) is 3.74. The number of carboxylic acids is 2. The normalized spacial score (nSPS) is 18.6. The van der Waals surface area contributed by atoms with Crippen molar-refractivity contribution in [3.63, 3.8) is 0 Å². The molecule has 0 aliphatic heterocycles. The Hall–Kier alpha value is -2.09. The molecule has 0 heterocycles. The molecule has 7 nitrogen and oxygen atoms in total. The number of benzene rings is 1. The summed E-state index contributed by atoms with van der Waals surface area (Å²) in [6.07, 6.45) is 6.15. The summed E-state index contributed by atoms with van der Waals surface area (Å²) in [7, 11) is 6.12. The van der Waals surface area contributed by atoms with Gasteiger partial charge in [0.2, 0.25) is 5.91 Å². The molecule has 1 aromatic carbocycles. The van der Waals surface area contributed by atoms with Gasteiger partial charge in [-0.1, -0.05) is 42.1 Å². The summed E-state index contributed by atoms with van der Waals surface area (Å²) in [5, 5.41) is 16.6. The summed E-state index contributed by atoms with van der Waals surface area (Å²) in [6, 6.07) is 6.12. The predicted octanol–water partition coefficient (Wildman–Crippen LogP) is 3.58. The second kappa shape index (κ2) is 12.6. The fraction of sp³-hybridized carbons (Fsp3) is 0.476. The molecule has 2 unspecified atom stereocenters. The molecule has 0 spiro atoms. The van der Waals surface area contributed by atoms with E-state index < -0.39 is 11.9 Å². The molecule has 9 heteroatoms. The zero-order valence-electron chi connectivity index (χ0n) is 17.3. The van der Waals surface area contributed by atoms with Crippen LogP contribution in [0.2, 0.25) is 10.0 Å². The predicted molar refractivity (Wildman–Crippen MR) is 117 cm³/mol. The molecule has 166 valence electrons. The second-order valence-corrected chi connectivity index (χ2v) is 8.14. The standard InChI is InChI=1S/C17H24Cl2N2O.C4H4O4/c1-20(2)15-6-4-5-7-16(15)21(3)17(22)11-12-8-9-13(18)14(19)10-12;5-3(6)1-2-4(7)8/h8-10,15-16H,4-7,11H2,1-3H3;1-2H,(H,5,6)(H,7,8)/b;2-1-. The third-order valence-corrected chi connectivity index (χ3v) is 5.69. The van der Waals surface area contributed by atoms with E-state index in [1.807, 2.05) is 18.0 Å². The molecule has 1 fully saturated rings. The van der Waals surface area contributed by atoms with Crippen molar-refractivity contribution >= 4 is 41.0 Å². The molecule has 1 saturated carbocycles. The molecule has 0 aromatic heterocycles. The van der Waals surface area contributed by atoms with Crippen LogP contribution in [0.15, 0.2) is 30.4 Å². The van der Waals surface area contributed by atoms with Crippen molar-refractivity contribution in [2.75, 3.05) is 21.1 Å². The Bertz CT molecular complexity index is 767. The van der Waals surface area contributed by atoms with E-state index in [-0.39, 0.29) is 5.91 Å². The molecule has 0 radical (unpaired) electrons. The lowest BCUT2D eigenvalue weighted by Crippen LogP contribution is -2.52. The Labute approximate surface area is 186 Å². The monoisotopic (exact) mass is 458 g/mol. The van der Waals surface area contributed by atoms with Gasteiger partial charge in [0.15, 0.2) is 0 Å². The van der Waals surface area contributed by atoms with Gasteiger partial charge in [-0.2, -0.15) is 0 Å². The zero-order valence-corrected chi connectivity index (χ0v) is 18.9. The number of rotatable bonds is 6. The number of nitrogens with zero attached hydrogens (tertiary/aromatic N) is 2. The molecule has 1 aliphatic rings. The van der Waals surface area contributed by atoms with Crippen molar-refractivity contribution in [2.24, 2.45) is 0 Å². The fourth-order valence-electron chi connectivity index (χ4n) is 3.42. The van der Waals surface area contributed by atoms with Gasteiger partial charge in [-0.05, 0) is 44.6 Å². The Morgan fingerprint density at radius 2 is 1.50 bits per heavy atom. The molecule has 30 heavy (non-hydrogen) atoms. The summed E-state index contributed by atoms with van der Waals surface area (Å²) < 4.78 is 0. The van der Waals surface area contributed by atoms with E-state index in [2.05, 4.69) is 19.0 Å². The van der Waals surface area contributed by atoms with Gasteiger partial charge in [0.1, 0.15) is 0 Å². The molecule has 2 rings (SSSR count). The van der Waals surface area contributed by atoms with E-state index >= 15 is 0 Å². The molecule has 1 aromatic rings. The topological polar surface area (TPSA) is 98.2 Å². The smallest absolute Gasteiger partial charge is 0.328 e. The number of carbonyl (C=O) groups excluding carboxylic acids is 1. The lowest BCUT2D eigenvalue weighted by molar-refractivity contribution is -0.134. The summed E-state index contributed by atoms with van der Waals surface area (Å²) in [5.74, 6) is -2.38. The summed E-state index contributed by atoms with van der Waals surface area (Å²) >= 11 is 11.9. The number of hydrogen-bond donors (Lipinski definition) is 2. The van der Waals surface area contributed by atoms with Crippen molar-refractivity contribution in [1.82, 2.24) is 9.80 Å². The van der Waals surface area contributed by atoms with Gasteiger partial charge >= 0.3 is 11.9 Å². The minimum Gasteiger partial charge on any atom is -0.478 e. The first kappa shape index (κ1) is 25.9.